The van der Waals surface area contributed by atoms with Crippen LogP contribution < -0.4 is 11.1 Å². The van der Waals surface area contributed by atoms with Gasteiger partial charge in [0.05, 0.1) is 5.92 Å². The first kappa shape index (κ1) is 20.5. The molecule has 1 heterocycles. The number of halogens is 1. The van der Waals surface area contributed by atoms with Crippen LogP contribution in [0.3, 0.4) is 0 Å². The summed E-state index contributed by atoms with van der Waals surface area (Å²) in [7, 11) is 0. The summed E-state index contributed by atoms with van der Waals surface area (Å²) in [6.07, 6.45) is 1.44. The normalized spacial score (nSPS) is 17.5. The lowest BCUT2D eigenvalue weighted by Gasteiger charge is -2.33. The molecule has 1 aliphatic heterocycles. The van der Waals surface area contributed by atoms with Crippen molar-refractivity contribution in [2.45, 2.75) is 39.3 Å². The molecule has 1 aromatic rings. The highest BCUT2D eigenvalue weighted by molar-refractivity contribution is 5.85. The number of benzene rings is 1. The Hall–Kier alpha value is -1.59. The Morgan fingerprint density at radius 3 is 2.33 bits per heavy atom. The molecule has 0 saturated carbocycles. The first-order chi connectivity index (χ1) is 11.0. The van der Waals surface area contributed by atoms with Gasteiger partial charge in [-0.1, -0.05) is 37.3 Å². The van der Waals surface area contributed by atoms with E-state index >= 15 is 0 Å². The fourth-order valence-electron chi connectivity index (χ4n) is 2.80. The van der Waals surface area contributed by atoms with Crippen LogP contribution in [0.1, 0.15) is 32.3 Å². The van der Waals surface area contributed by atoms with E-state index in [9.17, 15) is 9.59 Å². The summed E-state index contributed by atoms with van der Waals surface area (Å²) in [6.45, 7) is 5.55. The summed E-state index contributed by atoms with van der Waals surface area (Å²) in [4.78, 5) is 26.4. The van der Waals surface area contributed by atoms with Gasteiger partial charge in [0.1, 0.15) is 0 Å². The standard InChI is InChI=1S/C18H27N3O2.ClH/c1-13(14(2)19)18(23)21-10-8-16(9-11-21)17(22)20-12-15-6-4-3-5-7-15;/h3-7,13-14,16H,8-12,19H2,1-2H3,(H,20,22);1H. The van der Waals surface area contributed by atoms with Gasteiger partial charge in [-0.05, 0) is 25.3 Å². The Bertz CT molecular complexity index is 528. The van der Waals surface area contributed by atoms with Crippen molar-refractivity contribution in [3.8, 4) is 0 Å². The molecule has 24 heavy (non-hydrogen) atoms. The second kappa shape index (κ2) is 9.64. The van der Waals surface area contributed by atoms with Crippen LogP contribution in [0, 0.1) is 11.8 Å². The van der Waals surface area contributed by atoms with E-state index in [2.05, 4.69) is 5.32 Å². The summed E-state index contributed by atoms with van der Waals surface area (Å²) in [6, 6.07) is 9.74. The lowest BCUT2D eigenvalue weighted by molar-refractivity contribution is -0.139. The van der Waals surface area contributed by atoms with Crippen molar-refractivity contribution < 1.29 is 9.59 Å². The first-order valence-electron chi connectivity index (χ1n) is 8.35. The van der Waals surface area contributed by atoms with Crippen molar-refractivity contribution >= 4 is 24.2 Å². The second-order valence-corrected chi connectivity index (χ2v) is 6.45. The zero-order chi connectivity index (χ0) is 16.8. The Balaban J connectivity index is 0.00000288. The van der Waals surface area contributed by atoms with E-state index in [0.717, 1.165) is 18.4 Å². The van der Waals surface area contributed by atoms with Gasteiger partial charge < -0.3 is 16.0 Å². The molecule has 2 rings (SSSR count). The van der Waals surface area contributed by atoms with E-state index in [0.29, 0.717) is 19.6 Å². The Morgan fingerprint density at radius 2 is 1.79 bits per heavy atom. The number of nitrogens with two attached hydrogens (primary N) is 1. The third kappa shape index (κ3) is 5.49. The maximum absolute atomic E-state index is 12.3. The maximum atomic E-state index is 12.3. The molecular formula is C18H28ClN3O2. The topological polar surface area (TPSA) is 75.4 Å². The van der Waals surface area contributed by atoms with Crippen LogP contribution >= 0.6 is 12.4 Å². The van der Waals surface area contributed by atoms with Gasteiger partial charge in [-0.3, -0.25) is 9.59 Å². The van der Waals surface area contributed by atoms with Crippen LogP contribution in [0.2, 0.25) is 0 Å². The Morgan fingerprint density at radius 1 is 1.21 bits per heavy atom. The van der Waals surface area contributed by atoms with Crippen LogP contribution in [0.15, 0.2) is 30.3 Å². The number of nitrogens with zero attached hydrogens (tertiary/aromatic N) is 1. The van der Waals surface area contributed by atoms with Crippen LogP contribution in [0.5, 0.6) is 0 Å². The van der Waals surface area contributed by atoms with Gasteiger partial charge in [-0.15, -0.1) is 12.4 Å². The molecule has 0 spiro atoms. The van der Waals surface area contributed by atoms with Crippen molar-refractivity contribution in [3.63, 3.8) is 0 Å². The third-order valence-corrected chi connectivity index (χ3v) is 4.67. The van der Waals surface area contributed by atoms with E-state index in [1.165, 1.54) is 0 Å². The van der Waals surface area contributed by atoms with E-state index in [4.69, 9.17) is 5.73 Å². The lowest BCUT2D eigenvalue weighted by atomic mass is 9.94. The molecule has 134 valence electrons. The van der Waals surface area contributed by atoms with Crippen molar-refractivity contribution in [2.24, 2.45) is 17.6 Å². The average molecular weight is 354 g/mol. The smallest absolute Gasteiger partial charge is 0.226 e. The molecule has 2 amide bonds. The molecule has 0 radical (unpaired) electrons. The highest BCUT2D eigenvalue weighted by Gasteiger charge is 2.30. The minimum atomic E-state index is -0.168. The van der Waals surface area contributed by atoms with E-state index in [1.54, 1.807) is 0 Å². The van der Waals surface area contributed by atoms with Crippen molar-refractivity contribution in [3.05, 3.63) is 35.9 Å². The summed E-state index contributed by atoms with van der Waals surface area (Å²) in [5.74, 6) is 0.0103. The number of rotatable bonds is 5. The number of hydrogen-bond donors (Lipinski definition) is 2. The van der Waals surface area contributed by atoms with Crippen molar-refractivity contribution in [2.75, 3.05) is 13.1 Å². The van der Waals surface area contributed by atoms with Crippen molar-refractivity contribution in [1.29, 1.82) is 0 Å². The molecule has 1 aliphatic rings. The summed E-state index contributed by atoms with van der Waals surface area (Å²) in [5.41, 5.74) is 6.90. The lowest BCUT2D eigenvalue weighted by Crippen LogP contribution is -2.47. The molecule has 2 atom stereocenters. The van der Waals surface area contributed by atoms with Gasteiger partial charge in [-0.2, -0.15) is 0 Å². The minimum absolute atomic E-state index is 0. The molecule has 1 aromatic carbocycles. The zero-order valence-corrected chi connectivity index (χ0v) is 15.2. The van der Waals surface area contributed by atoms with Gasteiger partial charge in [0, 0.05) is 31.6 Å². The zero-order valence-electron chi connectivity index (χ0n) is 14.4. The molecular weight excluding hydrogens is 326 g/mol. The largest absolute Gasteiger partial charge is 0.352 e. The van der Waals surface area contributed by atoms with Gasteiger partial charge in [-0.25, -0.2) is 0 Å². The van der Waals surface area contributed by atoms with Crippen molar-refractivity contribution in [1.82, 2.24) is 10.2 Å². The van der Waals surface area contributed by atoms with Crippen LogP contribution in [0.4, 0.5) is 0 Å². The van der Waals surface area contributed by atoms with Gasteiger partial charge in [0.2, 0.25) is 11.8 Å². The number of likely N-dealkylation sites (tertiary alicyclic amines) is 1. The van der Waals surface area contributed by atoms with Gasteiger partial charge in [0.15, 0.2) is 0 Å². The van der Waals surface area contributed by atoms with Crippen LogP contribution in [-0.2, 0) is 16.1 Å². The SMILES string of the molecule is CC(N)C(C)C(=O)N1CCC(C(=O)NCc2ccccc2)CC1.Cl. The van der Waals surface area contributed by atoms with E-state index in [-0.39, 0.29) is 42.1 Å². The molecule has 1 fully saturated rings. The predicted octanol–water partition coefficient (Wildman–Crippen LogP) is 1.95. The highest BCUT2D eigenvalue weighted by atomic mass is 35.5. The molecule has 0 aliphatic carbocycles. The molecule has 1 saturated heterocycles. The number of nitrogens with one attached hydrogen (secondary N) is 1. The quantitative estimate of drug-likeness (QED) is 0.849. The number of piperidine rings is 1. The third-order valence-electron chi connectivity index (χ3n) is 4.67. The minimum Gasteiger partial charge on any atom is -0.352 e. The monoisotopic (exact) mass is 353 g/mol. The second-order valence-electron chi connectivity index (χ2n) is 6.45. The Kier molecular flexibility index (Phi) is 8.22. The number of carbonyl (C=O) groups excluding carboxylic acids is 2. The number of carbonyl (C=O) groups is 2. The molecule has 2 unspecified atom stereocenters. The summed E-state index contributed by atoms with van der Waals surface area (Å²) < 4.78 is 0. The van der Waals surface area contributed by atoms with Crippen LogP contribution in [0.25, 0.3) is 0 Å². The fourth-order valence-corrected chi connectivity index (χ4v) is 2.80. The van der Waals surface area contributed by atoms with Gasteiger partial charge in [0.25, 0.3) is 0 Å². The maximum Gasteiger partial charge on any atom is 0.226 e. The summed E-state index contributed by atoms with van der Waals surface area (Å²) >= 11 is 0. The highest BCUT2D eigenvalue weighted by Crippen LogP contribution is 2.20. The fraction of sp³-hybridized carbons (Fsp3) is 0.556. The van der Waals surface area contributed by atoms with Gasteiger partial charge >= 0.3 is 0 Å². The average Bonchev–Trinajstić information content (AvgIpc) is 2.59. The number of hydrogen-bond acceptors (Lipinski definition) is 3. The Labute approximate surface area is 150 Å². The number of amides is 2. The molecule has 6 heteroatoms. The first-order valence-corrected chi connectivity index (χ1v) is 8.35. The van der Waals surface area contributed by atoms with Crippen LogP contribution in [-0.4, -0.2) is 35.8 Å². The van der Waals surface area contributed by atoms with E-state index < -0.39 is 0 Å². The molecule has 3 N–H and O–H groups in total. The summed E-state index contributed by atoms with van der Waals surface area (Å²) in [5, 5.41) is 2.99. The molecule has 5 nitrogen and oxygen atoms in total. The predicted molar refractivity (Wildman–Crippen MR) is 97.7 cm³/mol. The van der Waals surface area contributed by atoms with E-state index in [1.807, 2.05) is 49.1 Å². The molecule has 0 aromatic heterocycles. The molecule has 0 bridgehead atoms.